The highest BCUT2D eigenvalue weighted by molar-refractivity contribution is 6.64. The number of benzene rings is 2. The summed E-state index contributed by atoms with van der Waals surface area (Å²) >= 11 is 0. The molecule has 2 unspecified atom stereocenters. The van der Waals surface area contributed by atoms with Gasteiger partial charge in [0.2, 0.25) is 0 Å². The number of aryl methyl sites for hydroxylation is 1. The number of aliphatic hydroxyl groups excluding tert-OH is 1. The van der Waals surface area contributed by atoms with Gasteiger partial charge >= 0.3 is 0 Å². The van der Waals surface area contributed by atoms with Gasteiger partial charge in [-0.25, -0.2) is 14.1 Å². The maximum atomic E-state index is 15.4. The summed E-state index contributed by atoms with van der Waals surface area (Å²) < 4.78 is 17.7. The van der Waals surface area contributed by atoms with Crippen LogP contribution in [0.3, 0.4) is 0 Å². The number of nitrogens with one attached hydrogen (secondary N) is 1. The van der Waals surface area contributed by atoms with Crippen LogP contribution in [-0.4, -0.2) is 73.2 Å². The Bertz CT molecular complexity index is 2220. The molecule has 2 aromatic carbocycles. The van der Waals surface area contributed by atoms with Gasteiger partial charge in [0.1, 0.15) is 17.3 Å². The Hall–Kier alpha value is -5.21. The second-order valence-electron chi connectivity index (χ2n) is 14.1. The van der Waals surface area contributed by atoms with Crippen LogP contribution in [0.1, 0.15) is 44.7 Å². The average Bonchev–Trinajstić information content (AvgIpc) is 3.35. The lowest BCUT2D eigenvalue weighted by Crippen LogP contribution is -2.55. The number of aromatic nitrogens is 5. The fraction of sp³-hybridized carbons (Fsp3) is 0.333. The van der Waals surface area contributed by atoms with E-state index in [2.05, 4.69) is 30.2 Å². The number of piperazine rings is 1. The monoisotopic (exact) mass is 676 g/mol. The Balaban J connectivity index is 1.20. The first-order chi connectivity index (χ1) is 24.0. The molecular formula is C36H38BFN8O4. The van der Waals surface area contributed by atoms with Crippen LogP contribution in [0.4, 0.5) is 21.6 Å². The summed E-state index contributed by atoms with van der Waals surface area (Å²) in [5.41, 5.74) is 2.00. The van der Waals surface area contributed by atoms with Crippen LogP contribution >= 0.6 is 0 Å². The van der Waals surface area contributed by atoms with Gasteiger partial charge in [0.25, 0.3) is 18.5 Å². The molecule has 2 saturated heterocycles. The van der Waals surface area contributed by atoms with E-state index in [0.717, 1.165) is 48.0 Å². The van der Waals surface area contributed by atoms with Gasteiger partial charge in [-0.1, -0.05) is 32.9 Å². The largest absolute Gasteiger partial charge is 0.392 e. The number of hydrogen-bond donors (Lipinski definition) is 2. The molecule has 0 saturated carbocycles. The molecule has 2 aliphatic rings. The minimum atomic E-state index is -0.659. The van der Waals surface area contributed by atoms with Gasteiger partial charge in [-0.05, 0) is 60.2 Å². The number of carbonyl (C=O) groups excluding carboxylic acids is 1. The van der Waals surface area contributed by atoms with E-state index in [1.165, 1.54) is 24.0 Å². The Kier molecular flexibility index (Phi) is 8.60. The van der Waals surface area contributed by atoms with E-state index in [9.17, 15) is 19.5 Å². The Morgan fingerprint density at radius 2 is 1.80 bits per heavy atom. The molecule has 7 rings (SSSR count). The average molecular weight is 677 g/mol. The van der Waals surface area contributed by atoms with Gasteiger partial charge in [-0.2, -0.15) is 14.9 Å². The number of aliphatic hydroxyl groups is 1. The lowest BCUT2D eigenvalue weighted by Gasteiger charge is -2.42. The van der Waals surface area contributed by atoms with Crippen LogP contribution in [0.25, 0.3) is 27.7 Å². The summed E-state index contributed by atoms with van der Waals surface area (Å²) in [6.45, 7) is 7.09. The molecule has 0 amide bonds. The third-order valence-electron chi connectivity index (χ3n) is 9.78. The summed E-state index contributed by atoms with van der Waals surface area (Å²) in [5, 5.41) is 22.8. The number of nitrogens with zero attached hydrogens (tertiary/aromatic N) is 7. The van der Waals surface area contributed by atoms with Crippen LogP contribution in [0, 0.1) is 5.82 Å². The molecule has 2 bridgehead atoms. The van der Waals surface area contributed by atoms with Crippen molar-refractivity contribution in [1.82, 2.24) is 29.4 Å². The van der Waals surface area contributed by atoms with Crippen molar-refractivity contribution >= 4 is 41.6 Å². The molecule has 5 aromatic rings. The molecule has 5 heterocycles. The molecule has 12 nitrogen and oxygen atoms in total. The summed E-state index contributed by atoms with van der Waals surface area (Å²) in [7, 11) is 1.98. The maximum Gasteiger partial charge on any atom is 0.290 e. The molecule has 2 atom stereocenters. The van der Waals surface area contributed by atoms with Crippen LogP contribution in [0.2, 0.25) is 0 Å². The zero-order chi connectivity index (χ0) is 35.3. The Morgan fingerprint density at radius 1 is 1.04 bits per heavy atom. The lowest BCUT2D eigenvalue weighted by molar-refractivity contribution is 0.281. The fourth-order valence-electron chi connectivity index (χ4n) is 7.26. The minimum absolute atomic E-state index is 0.0969. The van der Waals surface area contributed by atoms with E-state index < -0.39 is 18.0 Å². The van der Waals surface area contributed by atoms with E-state index in [4.69, 9.17) is 0 Å². The van der Waals surface area contributed by atoms with E-state index in [0.29, 0.717) is 47.5 Å². The number of rotatable bonds is 8. The third kappa shape index (κ3) is 5.98. The van der Waals surface area contributed by atoms with Crippen LogP contribution in [0.5, 0.6) is 0 Å². The molecular weight excluding hydrogens is 638 g/mol. The highest BCUT2D eigenvalue weighted by Crippen LogP contribution is 2.35. The zero-order valence-electron chi connectivity index (χ0n) is 28.4. The highest BCUT2D eigenvalue weighted by Gasteiger charge is 2.39. The number of carbonyl (C=O) groups is 1. The quantitative estimate of drug-likeness (QED) is 0.186. The molecule has 0 spiro atoms. The summed E-state index contributed by atoms with van der Waals surface area (Å²) in [6, 6.07) is 14.2. The summed E-state index contributed by atoms with van der Waals surface area (Å²) in [5.74, 6) is -0.175. The lowest BCUT2D eigenvalue weighted by atomic mass is 9.86. The van der Waals surface area contributed by atoms with E-state index in [1.807, 2.05) is 32.9 Å². The molecule has 0 radical (unpaired) electrons. The van der Waals surface area contributed by atoms with Crippen molar-refractivity contribution in [2.24, 2.45) is 7.05 Å². The molecule has 3 aromatic heterocycles. The van der Waals surface area contributed by atoms with Crippen molar-refractivity contribution in [3.63, 3.8) is 0 Å². The number of anilines is 3. The van der Waals surface area contributed by atoms with Gasteiger partial charge in [0.05, 0.1) is 47.6 Å². The van der Waals surface area contributed by atoms with Crippen molar-refractivity contribution in [1.29, 1.82) is 0 Å². The van der Waals surface area contributed by atoms with Crippen LogP contribution in [-0.2, 0) is 23.9 Å². The first-order valence-corrected chi connectivity index (χ1v) is 16.7. The number of halogens is 1. The number of pyridine rings is 1. The van der Waals surface area contributed by atoms with Gasteiger partial charge in [-0.3, -0.25) is 9.59 Å². The van der Waals surface area contributed by atoms with Gasteiger partial charge in [0, 0.05) is 48.7 Å². The molecule has 2 aliphatic heterocycles. The summed E-state index contributed by atoms with van der Waals surface area (Å²) in [6.07, 6.45) is 6.33. The molecule has 14 heteroatoms. The highest BCUT2D eigenvalue weighted by atomic mass is 19.1. The van der Waals surface area contributed by atoms with Crippen molar-refractivity contribution in [3.8, 4) is 16.9 Å². The standard InChI is InChI=1S/C36H38BFN8O4/c1-36(2,3)22-12-21-15-40-46(35(50)33(21)28(38)13-22)31-7-5-6-26(27(31)19-47)29-14-30(34(49)43(4)42-29)41-32-11-10-23(16-39-32)45-24-8-9-25(45)18-44(17-24)37-20-48/h5-7,10-16,20,24-25,37,47H,8-9,17-19H2,1-4H3,(H,39,41). The third-order valence-corrected chi connectivity index (χ3v) is 9.78. The minimum Gasteiger partial charge on any atom is -0.392 e. The van der Waals surface area contributed by atoms with Gasteiger partial charge in [0.15, 0.2) is 0 Å². The number of fused-ring (bicyclic) bond motifs is 3. The molecule has 256 valence electrons. The first kappa shape index (κ1) is 33.3. The Labute approximate surface area is 288 Å². The smallest absolute Gasteiger partial charge is 0.290 e. The van der Waals surface area contributed by atoms with Crippen LogP contribution in [0.15, 0.2) is 70.5 Å². The van der Waals surface area contributed by atoms with Crippen molar-refractivity contribution < 1.29 is 14.3 Å². The fourth-order valence-corrected chi connectivity index (χ4v) is 7.26. The Morgan fingerprint density at radius 3 is 2.46 bits per heavy atom. The molecule has 2 fully saturated rings. The predicted octanol–water partition coefficient (Wildman–Crippen LogP) is 3.41. The van der Waals surface area contributed by atoms with Crippen LogP contribution < -0.4 is 21.3 Å². The second kappa shape index (κ2) is 12.9. The molecule has 0 aliphatic carbocycles. The van der Waals surface area contributed by atoms with Crippen molar-refractivity contribution in [2.45, 2.75) is 57.7 Å². The molecule has 50 heavy (non-hydrogen) atoms. The van der Waals surface area contributed by atoms with E-state index in [-0.39, 0.29) is 27.7 Å². The second-order valence-corrected chi connectivity index (χ2v) is 14.1. The first-order valence-electron chi connectivity index (χ1n) is 16.7. The van der Waals surface area contributed by atoms with E-state index in [1.54, 1.807) is 36.5 Å². The number of hydrogen-bond acceptors (Lipinski definition) is 10. The summed E-state index contributed by atoms with van der Waals surface area (Å²) in [4.78, 5) is 47.1. The predicted molar refractivity (Wildman–Crippen MR) is 193 cm³/mol. The van der Waals surface area contributed by atoms with Crippen molar-refractivity contribution in [3.05, 3.63) is 98.6 Å². The zero-order valence-corrected chi connectivity index (χ0v) is 28.4. The topological polar surface area (TPSA) is 138 Å². The van der Waals surface area contributed by atoms with Crippen molar-refractivity contribution in [2.75, 3.05) is 23.3 Å². The molecule has 2 N–H and O–H groups in total. The normalized spacial score (nSPS) is 17.7. The van der Waals surface area contributed by atoms with E-state index >= 15 is 4.39 Å². The van der Waals surface area contributed by atoms with Gasteiger partial charge < -0.3 is 24.9 Å². The maximum absolute atomic E-state index is 15.4. The SMILES string of the molecule is Cn1nc(-c2cccc(-n3ncc4cc(C(C)(C)C)cc(F)c4c3=O)c2CO)cc(Nc2ccc(N3C4CCC3CN(BC=O)C4)cn2)c1=O. The van der Waals surface area contributed by atoms with Gasteiger partial charge in [-0.15, -0.1) is 0 Å².